The number of alkyl halides is 3. The molecule has 0 aromatic heterocycles. The predicted molar refractivity (Wildman–Crippen MR) is 80.6 cm³/mol. The molecule has 3 atom stereocenters. The molecule has 0 bridgehead atoms. The van der Waals surface area contributed by atoms with E-state index in [1.54, 1.807) is 19.1 Å². The molecule has 132 valence electrons. The molecule has 1 heterocycles. The lowest BCUT2D eigenvalue weighted by atomic mass is 9.80. The first-order valence-corrected chi connectivity index (χ1v) is 8.11. The normalized spacial score (nSPS) is 24.5. The van der Waals surface area contributed by atoms with Crippen molar-refractivity contribution in [3.05, 3.63) is 23.8 Å². The van der Waals surface area contributed by atoms with Gasteiger partial charge in [0.2, 0.25) is 12.7 Å². The van der Waals surface area contributed by atoms with E-state index >= 15 is 0 Å². The average Bonchev–Trinajstić information content (AvgIpc) is 3.01. The highest BCUT2D eigenvalue weighted by atomic mass is 19.4. The molecule has 3 rings (SSSR count). The molecule has 4 nitrogen and oxygen atoms in total. The van der Waals surface area contributed by atoms with Gasteiger partial charge in [-0.1, -0.05) is 12.5 Å². The predicted octanol–water partition coefficient (Wildman–Crippen LogP) is 3.96. The van der Waals surface area contributed by atoms with Gasteiger partial charge in [-0.05, 0) is 43.9 Å². The van der Waals surface area contributed by atoms with Gasteiger partial charge in [0.05, 0.1) is 12.0 Å². The fourth-order valence-corrected chi connectivity index (χ4v) is 3.32. The Kier molecular flexibility index (Phi) is 4.60. The molecular weight excluding hydrogens is 323 g/mol. The van der Waals surface area contributed by atoms with E-state index in [2.05, 4.69) is 5.32 Å². The second-order valence-corrected chi connectivity index (χ2v) is 6.45. The molecule has 2 aliphatic rings. The van der Waals surface area contributed by atoms with Gasteiger partial charge in [0.25, 0.3) is 0 Å². The van der Waals surface area contributed by atoms with Gasteiger partial charge < -0.3 is 14.8 Å². The SMILES string of the molecule is C[C@H](NC(=O)[C@H]1CCC[C@H](C(F)(F)F)C1)c1ccc2c(c1)OCO2. The van der Waals surface area contributed by atoms with E-state index < -0.39 is 18.0 Å². The number of nitrogens with one attached hydrogen (secondary N) is 1. The number of hydrogen-bond donors (Lipinski definition) is 1. The fourth-order valence-electron chi connectivity index (χ4n) is 3.32. The van der Waals surface area contributed by atoms with Crippen molar-refractivity contribution in [3.8, 4) is 11.5 Å². The van der Waals surface area contributed by atoms with Crippen molar-refractivity contribution < 1.29 is 27.4 Å². The molecule has 7 heteroatoms. The molecule has 1 aliphatic heterocycles. The maximum absolute atomic E-state index is 12.9. The summed E-state index contributed by atoms with van der Waals surface area (Å²) in [5.41, 5.74) is 0.829. The van der Waals surface area contributed by atoms with E-state index in [-0.39, 0.29) is 31.6 Å². The van der Waals surface area contributed by atoms with Crippen molar-refractivity contribution in [1.29, 1.82) is 0 Å². The number of hydrogen-bond acceptors (Lipinski definition) is 3. The number of carbonyl (C=O) groups is 1. The summed E-state index contributed by atoms with van der Waals surface area (Å²) >= 11 is 0. The Hall–Kier alpha value is -1.92. The van der Waals surface area contributed by atoms with Crippen molar-refractivity contribution in [3.63, 3.8) is 0 Å². The van der Waals surface area contributed by atoms with Crippen molar-refractivity contribution in [2.24, 2.45) is 11.8 Å². The molecule has 1 aromatic rings. The van der Waals surface area contributed by atoms with Crippen LogP contribution in [0.3, 0.4) is 0 Å². The molecule has 0 unspecified atom stereocenters. The van der Waals surface area contributed by atoms with Crippen LogP contribution in [0.25, 0.3) is 0 Å². The third-order valence-corrected chi connectivity index (χ3v) is 4.76. The largest absolute Gasteiger partial charge is 0.454 e. The first-order chi connectivity index (χ1) is 11.3. The molecule has 0 spiro atoms. The van der Waals surface area contributed by atoms with Crippen LogP contribution in [0.5, 0.6) is 11.5 Å². The molecule has 1 amide bonds. The summed E-state index contributed by atoms with van der Waals surface area (Å²) in [6.07, 6.45) is -3.29. The van der Waals surface area contributed by atoms with Crippen LogP contribution < -0.4 is 14.8 Å². The lowest BCUT2D eigenvalue weighted by Gasteiger charge is -2.30. The van der Waals surface area contributed by atoms with Crippen LogP contribution in [-0.2, 0) is 4.79 Å². The smallest absolute Gasteiger partial charge is 0.391 e. The van der Waals surface area contributed by atoms with Crippen LogP contribution in [0.2, 0.25) is 0 Å². The number of ether oxygens (including phenoxy) is 2. The number of carbonyl (C=O) groups excluding carboxylic acids is 1. The van der Waals surface area contributed by atoms with Crippen LogP contribution in [0.15, 0.2) is 18.2 Å². The summed E-state index contributed by atoms with van der Waals surface area (Å²) in [6, 6.07) is 5.06. The van der Waals surface area contributed by atoms with Gasteiger partial charge in [-0.2, -0.15) is 13.2 Å². The van der Waals surface area contributed by atoms with Crippen molar-refractivity contribution >= 4 is 5.91 Å². The lowest BCUT2D eigenvalue weighted by molar-refractivity contribution is -0.186. The Bertz CT molecular complexity index is 618. The van der Waals surface area contributed by atoms with Crippen LogP contribution in [-0.4, -0.2) is 18.9 Å². The minimum Gasteiger partial charge on any atom is -0.454 e. The molecule has 1 saturated carbocycles. The highest BCUT2D eigenvalue weighted by Gasteiger charge is 2.43. The van der Waals surface area contributed by atoms with Crippen LogP contribution in [0, 0.1) is 11.8 Å². The maximum Gasteiger partial charge on any atom is 0.391 e. The van der Waals surface area contributed by atoms with Gasteiger partial charge in [0, 0.05) is 5.92 Å². The van der Waals surface area contributed by atoms with E-state index in [9.17, 15) is 18.0 Å². The number of fused-ring (bicyclic) bond motifs is 1. The van der Waals surface area contributed by atoms with Crippen molar-refractivity contribution in [2.75, 3.05) is 6.79 Å². The lowest BCUT2D eigenvalue weighted by Crippen LogP contribution is -2.38. The van der Waals surface area contributed by atoms with E-state index in [0.29, 0.717) is 24.3 Å². The minimum absolute atomic E-state index is 0.116. The van der Waals surface area contributed by atoms with Crippen molar-refractivity contribution in [2.45, 2.75) is 44.8 Å². The zero-order valence-corrected chi connectivity index (χ0v) is 13.4. The molecule has 1 aromatic carbocycles. The average molecular weight is 343 g/mol. The third-order valence-electron chi connectivity index (χ3n) is 4.76. The highest BCUT2D eigenvalue weighted by molar-refractivity contribution is 5.79. The van der Waals surface area contributed by atoms with Gasteiger partial charge in [-0.3, -0.25) is 4.79 Å². The zero-order valence-electron chi connectivity index (χ0n) is 13.4. The second kappa shape index (κ2) is 6.53. The van der Waals surface area contributed by atoms with Gasteiger partial charge >= 0.3 is 6.18 Å². The molecule has 1 fully saturated rings. The summed E-state index contributed by atoms with van der Waals surface area (Å²) in [4.78, 5) is 12.4. The maximum atomic E-state index is 12.9. The van der Waals surface area contributed by atoms with E-state index in [4.69, 9.17) is 9.47 Å². The molecular formula is C17H20F3NO3. The highest BCUT2D eigenvalue weighted by Crippen LogP contribution is 2.40. The van der Waals surface area contributed by atoms with Crippen LogP contribution >= 0.6 is 0 Å². The van der Waals surface area contributed by atoms with Gasteiger partial charge in [0.1, 0.15) is 0 Å². The fraction of sp³-hybridized carbons (Fsp3) is 0.588. The molecule has 0 radical (unpaired) electrons. The number of amides is 1. The Morgan fingerprint density at radius 2 is 2.00 bits per heavy atom. The number of halogens is 3. The summed E-state index contributed by atoms with van der Waals surface area (Å²) in [5, 5.41) is 2.83. The molecule has 0 saturated heterocycles. The Labute approximate surface area is 138 Å². The van der Waals surface area contributed by atoms with Gasteiger partial charge in [-0.15, -0.1) is 0 Å². The zero-order chi connectivity index (χ0) is 17.3. The Morgan fingerprint density at radius 1 is 1.25 bits per heavy atom. The van der Waals surface area contributed by atoms with E-state index in [1.165, 1.54) is 0 Å². The number of benzene rings is 1. The summed E-state index contributed by atoms with van der Waals surface area (Å²) in [7, 11) is 0. The summed E-state index contributed by atoms with van der Waals surface area (Å²) in [5.74, 6) is -1.00. The number of rotatable bonds is 3. The summed E-state index contributed by atoms with van der Waals surface area (Å²) in [6.45, 7) is 1.97. The van der Waals surface area contributed by atoms with E-state index in [0.717, 1.165) is 5.56 Å². The monoisotopic (exact) mass is 343 g/mol. The standard InChI is InChI=1S/C17H20F3NO3/c1-10(11-5-6-14-15(8-11)24-9-23-14)21-16(22)12-3-2-4-13(7-12)17(18,19)20/h5-6,8,10,12-13H,2-4,7,9H2,1H3,(H,21,22)/t10-,12-,13-/m0/s1. The first kappa shape index (κ1) is 16.9. The second-order valence-electron chi connectivity index (χ2n) is 6.45. The van der Waals surface area contributed by atoms with Gasteiger partial charge in [-0.25, -0.2) is 0 Å². The molecule has 1 aliphatic carbocycles. The van der Waals surface area contributed by atoms with E-state index in [1.807, 2.05) is 6.07 Å². The minimum atomic E-state index is -4.22. The quantitative estimate of drug-likeness (QED) is 0.904. The van der Waals surface area contributed by atoms with Gasteiger partial charge in [0.15, 0.2) is 11.5 Å². The third kappa shape index (κ3) is 3.60. The van der Waals surface area contributed by atoms with Crippen LogP contribution in [0.4, 0.5) is 13.2 Å². The molecule has 1 N–H and O–H groups in total. The van der Waals surface area contributed by atoms with Crippen LogP contribution in [0.1, 0.15) is 44.2 Å². The Balaban J connectivity index is 1.61. The first-order valence-electron chi connectivity index (χ1n) is 8.11. The molecule has 24 heavy (non-hydrogen) atoms. The summed E-state index contributed by atoms with van der Waals surface area (Å²) < 4.78 is 49.2. The Morgan fingerprint density at radius 3 is 2.75 bits per heavy atom. The van der Waals surface area contributed by atoms with Crippen molar-refractivity contribution in [1.82, 2.24) is 5.32 Å². The topological polar surface area (TPSA) is 47.6 Å².